The smallest absolute Gasteiger partial charge is 0.256 e. The first-order valence-electron chi connectivity index (χ1n) is 5.60. The Morgan fingerprint density at radius 1 is 1.32 bits per heavy atom. The van der Waals surface area contributed by atoms with Crippen LogP contribution < -0.4 is 5.32 Å². The number of carbonyl (C=O) groups excluding carboxylic acids is 1. The summed E-state index contributed by atoms with van der Waals surface area (Å²) in [5, 5.41) is 12.3. The van der Waals surface area contributed by atoms with E-state index in [0.29, 0.717) is 16.1 Å². The third-order valence-electron chi connectivity index (χ3n) is 2.83. The number of anilines is 1. The van der Waals surface area contributed by atoms with Crippen LogP contribution in [0.2, 0.25) is 0 Å². The average molecular weight is 274 g/mol. The van der Waals surface area contributed by atoms with Crippen molar-refractivity contribution in [3.8, 4) is 6.07 Å². The van der Waals surface area contributed by atoms with E-state index in [9.17, 15) is 9.18 Å². The monoisotopic (exact) mass is 274 g/mol. The molecule has 3 nitrogen and oxygen atoms in total. The number of benzene rings is 1. The molecule has 0 radical (unpaired) electrons. The minimum atomic E-state index is -0.392. The number of hydrogen-bond acceptors (Lipinski definition) is 3. The molecule has 0 aliphatic heterocycles. The number of hydrogen-bond donors (Lipinski definition) is 1. The first kappa shape index (κ1) is 13.2. The van der Waals surface area contributed by atoms with Crippen molar-refractivity contribution >= 4 is 22.2 Å². The zero-order valence-corrected chi connectivity index (χ0v) is 11.3. The van der Waals surface area contributed by atoms with Crippen molar-refractivity contribution in [1.29, 1.82) is 5.26 Å². The van der Waals surface area contributed by atoms with Gasteiger partial charge in [0.25, 0.3) is 5.91 Å². The molecule has 0 saturated heterocycles. The number of nitrogens with zero attached hydrogens (tertiary/aromatic N) is 1. The number of rotatable bonds is 2. The van der Waals surface area contributed by atoms with Crippen molar-refractivity contribution in [2.45, 2.75) is 13.8 Å². The lowest BCUT2D eigenvalue weighted by Crippen LogP contribution is -2.11. The summed E-state index contributed by atoms with van der Waals surface area (Å²) < 4.78 is 12.8. The molecule has 0 saturated carbocycles. The molecule has 2 aromatic rings. The number of nitriles is 1. The maximum absolute atomic E-state index is 12.8. The van der Waals surface area contributed by atoms with Gasteiger partial charge in [-0.25, -0.2) is 4.39 Å². The Morgan fingerprint density at radius 3 is 2.53 bits per heavy atom. The summed E-state index contributed by atoms with van der Waals surface area (Å²) in [6, 6.07) is 7.35. The second-order valence-electron chi connectivity index (χ2n) is 4.06. The predicted molar refractivity (Wildman–Crippen MR) is 72.9 cm³/mol. The molecule has 0 fully saturated rings. The summed E-state index contributed by atoms with van der Waals surface area (Å²) in [7, 11) is 0. The molecule has 2 rings (SSSR count). The highest BCUT2D eigenvalue weighted by Crippen LogP contribution is 2.31. The van der Waals surface area contributed by atoms with Crippen LogP contribution in [-0.4, -0.2) is 5.91 Å². The van der Waals surface area contributed by atoms with E-state index in [2.05, 4.69) is 11.4 Å². The van der Waals surface area contributed by atoms with Crippen LogP contribution >= 0.6 is 11.3 Å². The molecule has 1 heterocycles. The zero-order chi connectivity index (χ0) is 14.0. The van der Waals surface area contributed by atoms with Gasteiger partial charge in [0, 0.05) is 10.4 Å². The molecule has 1 amide bonds. The van der Waals surface area contributed by atoms with E-state index in [4.69, 9.17) is 5.26 Å². The second kappa shape index (κ2) is 5.21. The van der Waals surface area contributed by atoms with E-state index in [-0.39, 0.29) is 5.91 Å². The van der Waals surface area contributed by atoms with Gasteiger partial charge >= 0.3 is 0 Å². The highest BCUT2D eigenvalue weighted by Gasteiger charge is 2.15. The maximum Gasteiger partial charge on any atom is 0.256 e. The third-order valence-corrected chi connectivity index (χ3v) is 3.95. The number of amides is 1. The van der Waals surface area contributed by atoms with Crippen molar-refractivity contribution in [2.75, 3.05) is 5.32 Å². The maximum atomic E-state index is 12.8. The van der Waals surface area contributed by atoms with E-state index in [1.54, 1.807) is 0 Å². The molecule has 0 bridgehead atoms. The topological polar surface area (TPSA) is 52.9 Å². The van der Waals surface area contributed by atoms with Gasteiger partial charge in [0.2, 0.25) is 0 Å². The van der Waals surface area contributed by atoms with E-state index in [1.165, 1.54) is 35.6 Å². The SMILES string of the molecule is Cc1sc(NC(=O)c2ccc(F)cc2)c(C#N)c1C. The van der Waals surface area contributed by atoms with Gasteiger partial charge in [-0.1, -0.05) is 0 Å². The Bertz CT molecular complexity index is 668. The Labute approximate surface area is 114 Å². The molecule has 5 heteroatoms. The van der Waals surface area contributed by atoms with Gasteiger partial charge in [-0.3, -0.25) is 4.79 Å². The second-order valence-corrected chi connectivity index (χ2v) is 5.28. The Morgan fingerprint density at radius 2 is 1.95 bits per heavy atom. The van der Waals surface area contributed by atoms with Crippen LogP contribution in [0.4, 0.5) is 9.39 Å². The lowest BCUT2D eigenvalue weighted by molar-refractivity contribution is 0.102. The highest BCUT2D eigenvalue weighted by atomic mass is 32.1. The fourth-order valence-corrected chi connectivity index (χ4v) is 2.63. The minimum absolute atomic E-state index is 0.349. The number of nitrogens with one attached hydrogen (secondary N) is 1. The van der Waals surface area contributed by atoms with Gasteiger partial charge in [-0.05, 0) is 43.7 Å². The standard InChI is InChI=1S/C14H11FN2OS/c1-8-9(2)19-14(12(8)7-16)17-13(18)10-3-5-11(15)6-4-10/h3-6H,1-2H3,(H,17,18). The lowest BCUT2D eigenvalue weighted by atomic mass is 10.1. The summed E-state index contributed by atoms with van der Waals surface area (Å²) in [6.07, 6.45) is 0. The van der Waals surface area contributed by atoms with Gasteiger partial charge < -0.3 is 5.32 Å². The van der Waals surface area contributed by atoms with Crippen molar-refractivity contribution in [1.82, 2.24) is 0 Å². The molecule has 0 unspecified atom stereocenters. The molecule has 1 N–H and O–H groups in total. The summed E-state index contributed by atoms with van der Waals surface area (Å²) in [4.78, 5) is 13.0. The molecule has 96 valence electrons. The summed E-state index contributed by atoms with van der Waals surface area (Å²) in [6.45, 7) is 3.74. The molecule has 0 spiro atoms. The lowest BCUT2D eigenvalue weighted by Gasteiger charge is -2.03. The van der Waals surface area contributed by atoms with Gasteiger partial charge in [0.05, 0.1) is 5.56 Å². The van der Waals surface area contributed by atoms with Crippen molar-refractivity contribution in [3.05, 3.63) is 51.7 Å². The Kier molecular flexibility index (Phi) is 3.63. The Hall–Kier alpha value is -2.19. The van der Waals surface area contributed by atoms with Crippen molar-refractivity contribution in [3.63, 3.8) is 0 Å². The molecule has 1 aromatic heterocycles. The predicted octanol–water partition coefficient (Wildman–Crippen LogP) is 3.63. The molecule has 1 aromatic carbocycles. The van der Waals surface area contributed by atoms with E-state index >= 15 is 0 Å². The molecule has 0 atom stereocenters. The third kappa shape index (κ3) is 2.64. The molecule has 19 heavy (non-hydrogen) atoms. The summed E-state index contributed by atoms with van der Waals surface area (Å²) >= 11 is 1.36. The average Bonchev–Trinajstić information content (AvgIpc) is 2.65. The fraction of sp³-hybridized carbons (Fsp3) is 0.143. The van der Waals surface area contributed by atoms with Crippen LogP contribution in [0.15, 0.2) is 24.3 Å². The number of aryl methyl sites for hydroxylation is 1. The van der Waals surface area contributed by atoms with Gasteiger partial charge in [-0.15, -0.1) is 11.3 Å². The fourth-order valence-electron chi connectivity index (χ4n) is 1.63. The highest BCUT2D eigenvalue weighted by molar-refractivity contribution is 7.16. The molecular formula is C14H11FN2OS. The van der Waals surface area contributed by atoms with E-state index in [0.717, 1.165) is 10.4 Å². The van der Waals surface area contributed by atoms with Crippen LogP contribution in [-0.2, 0) is 0 Å². The minimum Gasteiger partial charge on any atom is -0.312 e. The van der Waals surface area contributed by atoms with E-state index in [1.807, 2.05) is 13.8 Å². The van der Waals surface area contributed by atoms with Gasteiger partial charge in [0.15, 0.2) is 0 Å². The normalized spacial score (nSPS) is 10.0. The van der Waals surface area contributed by atoms with Crippen LogP contribution in [0, 0.1) is 31.0 Å². The van der Waals surface area contributed by atoms with Crippen molar-refractivity contribution in [2.24, 2.45) is 0 Å². The zero-order valence-electron chi connectivity index (χ0n) is 10.5. The summed E-state index contributed by atoms with van der Waals surface area (Å²) in [5.41, 5.74) is 1.72. The first-order valence-corrected chi connectivity index (χ1v) is 6.41. The number of carbonyl (C=O) groups is 1. The van der Waals surface area contributed by atoms with Crippen LogP contribution in [0.25, 0.3) is 0 Å². The largest absolute Gasteiger partial charge is 0.312 e. The van der Waals surface area contributed by atoms with Crippen LogP contribution in [0.3, 0.4) is 0 Å². The van der Waals surface area contributed by atoms with Crippen LogP contribution in [0.5, 0.6) is 0 Å². The van der Waals surface area contributed by atoms with Crippen LogP contribution in [0.1, 0.15) is 26.4 Å². The van der Waals surface area contributed by atoms with Gasteiger partial charge in [-0.2, -0.15) is 5.26 Å². The summed E-state index contributed by atoms with van der Waals surface area (Å²) in [5.74, 6) is -0.741. The molecular weight excluding hydrogens is 263 g/mol. The Balaban J connectivity index is 2.27. The molecule has 0 aliphatic carbocycles. The van der Waals surface area contributed by atoms with Crippen molar-refractivity contribution < 1.29 is 9.18 Å². The quantitative estimate of drug-likeness (QED) is 0.909. The molecule has 0 aliphatic rings. The first-order chi connectivity index (χ1) is 9.02. The van der Waals surface area contributed by atoms with E-state index < -0.39 is 5.82 Å². The number of thiophene rings is 1. The van der Waals surface area contributed by atoms with Gasteiger partial charge in [0.1, 0.15) is 16.9 Å². The number of halogens is 1.